The van der Waals surface area contributed by atoms with E-state index < -0.39 is 16.1 Å². The summed E-state index contributed by atoms with van der Waals surface area (Å²) in [6.07, 6.45) is 1.51. The fourth-order valence-electron chi connectivity index (χ4n) is 3.14. The third-order valence-electron chi connectivity index (χ3n) is 4.80. The van der Waals surface area contributed by atoms with E-state index in [0.717, 1.165) is 5.56 Å². The van der Waals surface area contributed by atoms with Crippen LogP contribution >= 0.6 is 11.6 Å². The Morgan fingerprint density at radius 2 is 1.76 bits per heavy atom. The summed E-state index contributed by atoms with van der Waals surface area (Å²) in [6.45, 7) is 3.90. The molecule has 0 atom stereocenters. The van der Waals surface area contributed by atoms with Crippen LogP contribution in [0.15, 0.2) is 82.3 Å². The van der Waals surface area contributed by atoms with Gasteiger partial charge in [0.15, 0.2) is 17.2 Å². The van der Waals surface area contributed by atoms with Gasteiger partial charge in [-0.3, -0.25) is 0 Å². The molecule has 0 N–H and O–H groups in total. The van der Waals surface area contributed by atoms with Crippen molar-refractivity contribution in [3.63, 3.8) is 0 Å². The van der Waals surface area contributed by atoms with Crippen molar-refractivity contribution >= 4 is 39.7 Å². The Balaban J connectivity index is 1.64. The summed E-state index contributed by atoms with van der Waals surface area (Å²) < 4.78 is 41.6. The summed E-state index contributed by atoms with van der Waals surface area (Å²) in [4.78, 5) is 16.6. The second-order valence-electron chi connectivity index (χ2n) is 7.31. The first-order valence-corrected chi connectivity index (χ1v) is 12.1. The number of aliphatic imine (C=N–C) groups is 1. The Kier molecular flexibility index (Phi) is 6.72. The highest BCUT2D eigenvalue weighted by Crippen LogP contribution is 2.33. The molecule has 3 aromatic carbocycles. The molecule has 0 spiro atoms. The van der Waals surface area contributed by atoms with E-state index in [9.17, 15) is 13.2 Å². The number of benzene rings is 3. The van der Waals surface area contributed by atoms with E-state index in [1.54, 1.807) is 55.5 Å². The monoisotopic (exact) mass is 497 g/mol. The number of carbonyl (C=O) groups excluding carboxylic acids is 1. The molecule has 0 aliphatic carbocycles. The SMILES string of the molecule is CCOc1cc(/C=C2/N=C(c3ccccc3Cl)OC2=O)ccc1OS(=O)(=O)c1ccc(C)cc1. The number of hydrogen-bond donors (Lipinski definition) is 0. The van der Waals surface area contributed by atoms with E-state index in [0.29, 0.717) is 16.1 Å². The van der Waals surface area contributed by atoms with Gasteiger partial charge in [-0.05, 0) is 61.9 Å². The standard InChI is InChI=1S/C25H20ClNO6S/c1-3-31-23-15-17(10-13-22(23)33-34(29,30)18-11-8-16(2)9-12-18)14-21-25(28)32-24(27-21)19-6-4-5-7-20(19)26/h4-15H,3H2,1-2H3/b21-14+. The van der Waals surface area contributed by atoms with E-state index in [2.05, 4.69) is 4.99 Å². The summed E-state index contributed by atoms with van der Waals surface area (Å²) in [6, 6.07) is 17.8. The quantitative estimate of drug-likeness (QED) is 0.254. The van der Waals surface area contributed by atoms with Crippen LogP contribution < -0.4 is 8.92 Å². The van der Waals surface area contributed by atoms with Crippen LogP contribution in [-0.4, -0.2) is 26.9 Å². The van der Waals surface area contributed by atoms with Crippen molar-refractivity contribution in [3.05, 3.63) is 94.1 Å². The van der Waals surface area contributed by atoms with Gasteiger partial charge in [0.05, 0.1) is 17.2 Å². The zero-order valence-corrected chi connectivity index (χ0v) is 19.9. The minimum atomic E-state index is -4.06. The molecule has 0 saturated heterocycles. The summed E-state index contributed by atoms with van der Waals surface area (Å²) in [7, 11) is -4.06. The van der Waals surface area contributed by atoms with Gasteiger partial charge in [0.2, 0.25) is 5.90 Å². The number of hydrogen-bond acceptors (Lipinski definition) is 7. The molecule has 0 fully saturated rings. The highest BCUT2D eigenvalue weighted by Gasteiger charge is 2.26. The number of aryl methyl sites for hydroxylation is 1. The number of esters is 1. The third kappa shape index (κ3) is 5.13. The number of cyclic esters (lactones) is 1. The largest absolute Gasteiger partial charge is 0.490 e. The number of nitrogens with zero attached hydrogens (tertiary/aromatic N) is 1. The lowest BCUT2D eigenvalue weighted by molar-refractivity contribution is -0.129. The molecule has 3 aromatic rings. The molecule has 1 aliphatic rings. The van der Waals surface area contributed by atoms with Crippen molar-refractivity contribution in [1.82, 2.24) is 0 Å². The molecule has 0 radical (unpaired) electrons. The molecule has 0 saturated carbocycles. The van der Waals surface area contributed by atoms with Crippen LogP contribution in [0.3, 0.4) is 0 Å². The summed E-state index contributed by atoms with van der Waals surface area (Å²) in [5.41, 5.74) is 2.04. The minimum Gasteiger partial charge on any atom is -0.490 e. The number of rotatable bonds is 7. The van der Waals surface area contributed by atoms with Crippen molar-refractivity contribution in [2.75, 3.05) is 6.61 Å². The number of halogens is 1. The first-order chi connectivity index (χ1) is 16.3. The average molecular weight is 498 g/mol. The van der Waals surface area contributed by atoms with Crippen LogP contribution in [0.5, 0.6) is 11.5 Å². The maximum absolute atomic E-state index is 12.7. The van der Waals surface area contributed by atoms with E-state index in [4.69, 9.17) is 25.3 Å². The number of ether oxygens (including phenoxy) is 2. The van der Waals surface area contributed by atoms with Crippen molar-refractivity contribution in [2.24, 2.45) is 4.99 Å². The molecule has 4 rings (SSSR count). The maximum Gasteiger partial charge on any atom is 0.363 e. The van der Waals surface area contributed by atoms with Crippen LogP contribution in [0.1, 0.15) is 23.6 Å². The smallest absolute Gasteiger partial charge is 0.363 e. The van der Waals surface area contributed by atoms with Gasteiger partial charge in [0.1, 0.15) is 4.90 Å². The van der Waals surface area contributed by atoms with Gasteiger partial charge >= 0.3 is 16.1 Å². The van der Waals surface area contributed by atoms with E-state index >= 15 is 0 Å². The maximum atomic E-state index is 12.7. The van der Waals surface area contributed by atoms with Gasteiger partial charge in [-0.1, -0.05) is 47.5 Å². The molecule has 0 bridgehead atoms. The molecule has 9 heteroatoms. The lowest BCUT2D eigenvalue weighted by Crippen LogP contribution is -2.11. The predicted molar refractivity (Wildman–Crippen MR) is 129 cm³/mol. The molecular formula is C25H20ClNO6S. The molecule has 1 heterocycles. The summed E-state index contributed by atoms with van der Waals surface area (Å²) >= 11 is 6.17. The van der Waals surface area contributed by atoms with Gasteiger partial charge in [-0.25, -0.2) is 9.79 Å². The van der Waals surface area contributed by atoms with Crippen molar-refractivity contribution in [3.8, 4) is 11.5 Å². The Labute approximate surface area is 202 Å². The van der Waals surface area contributed by atoms with Crippen LogP contribution in [0.2, 0.25) is 5.02 Å². The van der Waals surface area contributed by atoms with E-state index in [1.807, 2.05) is 6.92 Å². The molecule has 0 aromatic heterocycles. The second-order valence-corrected chi connectivity index (χ2v) is 9.26. The van der Waals surface area contributed by atoms with Crippen LogP contribution in [-0.2, 0) is 19.6 Å². The topological polar surface area (TPSA) is 91.3 Å². The molecule has 34 heavy (non-hydrogen) atoms. The normalized spacial score (nSPS) is 14.6. The van der Waals surface area contributed by atoms with Gasteiger partial charge in [0.25, 0.3) is 0 Å². The van der Waals surface area contributed by atoms with Crippen molar-refractivity contribution in [2.45, 2.75) is 18.7 Å². The van der Waals surface area contributed by atoms with Crippen LogP contribution in [0.4, 0.5) is 0 Å². The summed E-state index contributed by atoms with van der Waals surface area (Å²) in [5.74, 6) is -0.292. The lowest BCUT2D eigenvalue weighted by Gasteiger charge is -2.12. The van der Waals surface area contributed by atoms with E-state index in [-0.39, 0.29) is 34.6 Å². The minimum absolute atomic E-state index is 0.0267. The van der Waals surface area contributed by atoms with Gasteiger partial charge in [-0.2, -0.15) is 8.42 Å². The summed E-state index contributed by atoms with van der Waals surface area (Å²) in [5, 5.41) is 0.408. The third-order valence-corrected chi connectivity index (χ3v) is 6.38. The van der Waals surface area contributed by atoms with Crippen LogP contribution in [0, 0.1) is 6.92 Å². The van der Waals surface area contributed by atoms with Crippen LogP contribution in [0.25, 0.3) is 6.08 Å². The first kappa shape index (κ1) is 23.5. The zero-order valence-electron chi connectivity index (χ0n) is 18.3. The molecule has 7 nitrogen and oxygen atoms in total. The fraction of sp³-hybridized carbons (Fsp3) is 0.120. The predicted octanol–water partition coefficient (Wildman–Crippen LogP) is 5.16. The Morgan fingerprint density at radius 1 is 1.03 bits per heavy atom. The fourth-order valence-corrected chi connectivity index (χ4v) is 4.30. The highest BCUT2D eigenvalue weighted by molar-refractivity contribution is 7.87. The molecule has 1 aliphatic heterocycles. The average Bonchev–Trinajstić information content (AvgIpc) is 3.16. The molecule has 174 valence electrons. The van der Waals surface area contributed by atoms with Crippen molar-refractivity contribution in [1.29, 1.82) is 0 Å². The van der Waals surface area contributed by atoms with E-state index in [1.165, 1.54) is 24.3 Å². The van der Waals surface area contributed by atoms with Crippen molar-refractivity contribution < 1.29 is 26.9 Å². The molecule has 0 amide bonds. The Hall–Kier alpha value is -3.62. The first-order valence-electron chi connectivity index (χ1n) is 10.3. The Bertz CT molecular complexity index is 1410. The Morgan fingerprint density at radius 3 is 2.47 bits per heavy atom. The number of carbonyl (C=O) groups is 1. The molecular weight excluding hydrogens is 478 g/mol. The zero-order chi connectivity index (χ0) is 24.3. The van der Waals surface area contributed by atoms with Gasteiger partial charge < -0.3 is 13.7 Å². The molecule has 0 unspecified atom stereocenters. The lowest BCUT2D eigenvalue weighted by atomic mass is 10.1. The van der Waals surface area contributed by atoms with Gasteiger partial charge in [-0.15, -0.1) is 0 Å². The van der Waals surface area contributed by atoms with Gasteiger partial charge in [0, 0.05) is 0 Å². The highest BCUT2D eigenvalue weighted by atomic mass is 35.5. The second kappa shape index (κ2) is 9.70.